The van der Waals surface area contributed by atoms with Crippen LogP contribution in [0.4, 0.5) is 0 Å². The van der Waals surface area contributed by atoms with Gasteiger partial charge in [-0.05, 0) is 48.7 Å². The lowest BCUT2D eigenvalue weighted by molar-refractivity contribution is -0.149. The maximum atomic E-state index is 11.2. The Hall–Kier alpha value is -2.57. The summed E-state index contributed by atoms with van der Waals surface area (Å²) in [5, 5.41) is 19.5. The summed E-state index contributed by atoms with van der Waals surface area (Å²) in [6, 6.07) is 12.7. The first-order valence-corrected chi connectivity index (χ1v) is 8.83. The van der Waals surface area contributed by atoms with Gasteiger partial charge in [0.25, 0.3) is 0 Å². The van der Waals surface area contributed by atoms with Gasteiger partial charge < -0.3 is 24.4 Å². The number of aliphatic hydroxyl groups excluding tert-OH is 1. The van der Waals surface area contributed by atoms with Crippen molar-refractivity contribution in [2.24, 2.45) is 0 Å². The lowest BCUT2D eigenvalue weighted by atomic mass is 10.0. The molecule has 0 bridgehead atoms. The van der Waals surface area contributed by atoms with E-state index >= 15 is 0 Å². The first kappa shape index (κ1) is 20.7. The van der Waals surface area contributed by atoms with Crippen molar-refractivity contribution in [2.75, 3.05) is 20.3 Å². The third-order valence-electron chi connectivity index (χ3n) is 4.18. The third kappa shape index (κ3) is 5.98. The number of aryl methyl sites for hydroxylation is 1. The van der Waals surface area contributed by atoms with Crippen LogP contribution in [0.3, 0.4) is 0 Å². The molecule has 0 heterocycles. The van der Waals surface area contributed by atoms with Crippen LogP contribution in [0.5, 0.6) is 11.5 Å². The Bertz CT molecular complexity index is 758. The van der Waals surface area contributed by atoms with Crippen LogP contribution < -0.4 is 9.47 Å². The molecule has 0 aromatic heterocycles. The average Bonchev–Trinajstić information content (AvgIpc) is 2.66. The minimum Gasteiger partial charge on any atom is -0.497 e. The molecule has 2 atom stereocenters. The molecule has 0 spiro atoms. The van der Waals surface area contributed by atoms with E-state index in [-0.39, 0.29) is 13.0 Å². The number of aliphatic hydroxyl groups is 1. The Morgan fingerprint density at radius 3 is 2.59 bits per heavy atom. The highest BCUT2D eigenvalue weighted by Crippen LogP contribution is 2.24. The molecule has 0 aliphatic rings. The summed E-state index contributed by atoms with van der Waals surface area (Å²) in [4.78, 5) is 11.2. The second-order valence-corrected chi connectivity index (χ2v) is 6.19. The fourth-order valence-electron chi connectivity index (χ4n) is 2.75. The van der Waals surface area contributed by atoms with E-state index in [1.54, 1.807) is 26.2 Å². The Morgan fingerprint density at radius 1 is 1.19 bits per heavy atom. The van der Waals surface area contributed by atoms with Gasteiger partial charge in [0, 0.05) is 13.0 Å². The molecule has 2 N–H and O–H groups in total. The maximum Gasteiger partial charge on any atom is 0.333 e. The zero-order chi connectivity index (χ0) is 19.8. The van der Waals surface area contributed by atoms with Crippen molar-refractivity contribution in [3.8, 4) is 11.5 Å². The Morgan fingerprint density at radius 2 is 1.96 bits per heavy atom. The number of carbonyl (C=O) groups is 1. The Balaban J connectivity index is 2.00. The topological polar surface area (TPSA) is 85.2 Å². The second-order valence-electron chi connectivity index (χ2n) is 6.19. The highest BCUT2D eigenvalue weighted by molar-refractivity contribution is 5.72. The first-order valence-electron chi connectivity index (χ1n) is 8.83. The molecule has 6 nitrogen and oxygen atoms in total. The van der Waals surface area contributed by atoms with E-state index in [1.807, 2.05) is 37.3 Å². The highest BCUT2D eigenvalue weighted by Gasteiger charge is 2.18. The van der Waals surface area contributed by atoms with Crippen molar-refractivity contribution in [1.82, 2.24) is 0 Å². The van der Waals surface area contributed by atoms with Gasteiger partial charge >= 0.3 is 5.97 Å². The monoisotopic (exact) mass is 374 g/mol. The summed E-state index contributed by atoms with van der Waals surface area (Å²) in [5.74, 6) is 0.342. The SMILES string of the molecule is CCOC(Cc1ccc(OCC(O)c2cccc(OC)c2)c(C)c1)C(=O)O. The third-order valence-corrected chi connectivity index (χ3v) is 4.18. The lowest BCUT2D eigenvalue weighted by Gasteiger charge is -2.16. The van der Waals surface area contributed by atoms with Gasteiger partial charge in [0.2, 0.25) is 0 Å². The molecule has 146 valence electrons. The molecule has 0 saturated heterocycles. The molecule has 6 heteroatoms. The standard InChI is InChI=1S/C21H26O6/c1-4-26-20(21(23)24)11-15-8-9-19(14(2)10-15)27-13-18(22)16-6-5-7-17(12-16)25-3/h5-10,12,18,20,22H,4,11,13H2,1-3H3,(H,23,24). The van der Waals surface area contributed by atoms with E-state index in [9.17, 15) is 15.0 Å². The predicted octanol–water partition coefficient (Wildman–Crippen LogP) is 3.15. The smallest absolute Gasteiger partial charge is 0.333 e. The van der Waals surface area contributed by atoms with Crippen LogP contribution in [0, 0.1) is 6.92 Å². The van der Waals surface area contributed by atoms with Gasteiger partial charge in [0.05, 0.1) is 7.11 Å². The molecule has 0 saturated carbocycles. The average molecular weight is 374 g/mol. The van der Waals surface area contributed by atoms with Gasteiger partial charge in [-0.2, -0.15) is 0 Å². The van der Waals surface area contributed by atoms with Gasteiger partial charge in [0.15, 0.2) is 6.10 Å². The quantitative estimate of drug-likeness (QED) is 0.665. The number of carboxylic acid groups (broad SMARTS) is 1. The molecule has 2 unspecified atom stereocenters. The van der Waals surface area contributed by atoms with E-state index in [1.165, 1.54) is 0 Å². The summed E-state index contributed by atoms with van der Waals surface area (Å²) >= 11 is 0. The fraction of sp³-hybridized carbons (Fsp3) is 0.381. The first-order chi connectivity index (χ1) is 12.9. The highest BCUT2D eigenvalue weighted by atomic mass is 16.5. The van der Waals surface area contributed by atoms with Crippen molar-refractivity contribution < 1.29 is 29.2 Å². The summed E-state index contributed by atoms with van der Waals surface area (Å²) in [6.07, 6.45) is -1.36. The Labute approximate surface area is 159 Å². The van der Waals surface area contributed by atoms with E-state index in [0.29, 0.717) is 23.7 Å². The zero-order valence-electron chi connectivity index (χ0n) is 15.8. The lowest BCUT2D eigenvalue weighted by Crippen LogP contribution is -2.26. The number of carboxylic acids is 1. The summed E-state index contributed by atoms with van der Waals surface area (Å²) < 4.78 is 16.2. The van der Waals surface area contributed by atoms with E-state index in [4.69, 9.17) is 14.2 Å². The number of aliphatic carboxylic acids is 1. The van der Waals surface area contributed by atoms with Crippen molar-refractivity contribution in [3.63, 3.8) is 0 Å². The van der Waals surface area contributed by atoms with E-state index in [2.05, 4.69) is 0 Å². The molecule has 0 fully saturated rings. The number of benzene rings is 2. The molecule has 0 aliphatic carbocycles. The van der Waals surface area contributed by atoms with Gasteiger partial charge in [0.1, 0.15) is 24.2 Å². The molecule has 2 aromatic rings. The number of ether oxygens (including phenoxy) is 3. The number of hydrogen-bond acceptors (Lipinski definition) is 5. The van der Waals surface area contributed by atoms with Crippen molar-refractivity contribution in [2.45, 2.75) is 32.5 Å². The molecule has 0 aliphatic heterocycles. The fourth-order valence-corrected chi connectivity index (χ4v) is 2.75. The van der Waals surface area contributed by atoms with Crippen molar-refractivity contribution in [1.29, 1.82) is 0 Å². The van der Waals surface area contributed by atoms with Crippen LogP contribution in [0.1, 0.15) is 29.7 Å². The molecule has 2 rings (SSSR count). The number of rotatable bonds is 10. The van der Waals surface area contributed by atoms with Crippen LogP contribution in [-0.4, -0.2) is 42.6 Å². The summed E-state index contributed by atoms with van der Waals surface area (Å²) in [6.45, 7) is 4.10. The second kappa shape index (κ2) is 9.94. The van der Waals surface area contributed by atoms with Crippen LogP contribution in [0.25, 0.3) is 0 Å². The van der Waals surface area contributed by atoms with Crippen molar-refractivity contribution >= 4 is 5.97 Å². The molecular weight excluding hydrogens is 348 g/mol. The van der Waals surface area contributed by atoms with Gasteiger partial charge in [-0.15, -0.1) is 0 Å². The van der Waals surface area contributed by atoms with Crippen LogP contribution in [0.2, 0.25) is 0 Å². The van der Waals surface area contributed by atoms with E-state index in [0.717, 1.165) is 11.1 Å². The zero-order valence-corrected chi connectivity index (χ0v) is 15.8. The normalized spacial score (nSPS) is 13.0. The molecule has 27 heavy (non-hydrogen) atoms. The predicted molar refractivity (Wildman–Crippen MR) is 101 cm³/mol. The number of methoxy groups -OCH3 is 1. The minimum absolute atomic E-state index is 0.101. The minimum atomic E-state index is -0.976. The van der Waals surface area contributed by atoms with Crippen LogP contribution in [0.15, 0.2) is 42.5 Å². The summed E-state index contributed by atoms with van der Waals surface area (Å²) in [7, 11) is 1.58. The van der Waals surface area contributed by atoms with Crippen LogP contribution in [-0.2, 0) is 16.0 Å². The van der Waals surface area contributed by atoms with Crippen molar-refractivity contribution in [3.05, 3.63) is 59.2 Å². The number of hydrogen-bond donors (Lipinski definition) is 2. The van der Waals surface area contributed by atoms with Gasteiger partial charge in [-0.25, -0.2) is 4.79 Å². The molecular formula is C21H26O6. The van der Waals surface area contributed by atoms with Gasteiger partial charge in [-0.1, -0.05) is 24.3 Å². The molecule has 2 aromatic carbocycles. The summed E-state index contributed by atoms with van der Waals surface area (Å²) in [5.41, 5.74) is 2.43. The van der Waals surface area contributed by atoms with Gasteiger partial charge in [-0.3, -0.25) is 0 Å². The largest absolute Gasteiger partial charge is 0.497 e. The molecule has 0 radical (unpaired) electrons. The molecule has 0 amide bonds. The van der Waals surface area contributed by atoms with E-state index < -0.39 is 18.2 Å². The maximum absolute atomic E-state index is 11.2. The van der Waals surface area contributed by atoms with Crippen LogP contribution >= 0.6 is 0 Å². The Kier molecular flexibility index (Phi) is 7.64.